The molecule has 0 bridgehead atoms. The molecule has 2 aromatic carbocycles. The Hall–Kier alpha value is -3.27. The minimum atomic E-state index is -4.95. The summed E-state index contributed by atoms with van der Waals surface area (Å²) in [5.41, 5.74) is 1.05. The lowest BCUT2D eigenvalue weighted by molar-refractivity contribution is -0.185. The van der Waals surface area contributed by atoms with Crippen LogP contribution in [0.2, 0.25) is 0 Å². The van der Waals surface area contributed by atoms with E-state index in [0.29, 0.717) is 21.2 Å². The molecule has 1 heterocycles. The van der Waals surface area contributed by atoms with E-state index in [2.05, 4.69) is 10.3 Å². The van der Waals surface area contributed by atoms with Crippen molar-refractivity contribution in [3.05, 3.63) is 71.0 Å². The quantitative estimate of drug-likeness (QED) is 0.530. The van der Waals surface area contributed by atoms with Crippen LogP contribution in [-0.4, -0.2) is 34.4 Å². The molecule has 0 aliphatic rings. The Labute approximate surface area is 179 Å². The number of aromatic nitrogens is 1. The molecule has 2 amide bonds. The number of halogens is 4. The molecule has 1 N–H and O–H groups in total. The number of hydrogen-bond acceptors (Lipinski definition) is 4. The SMILES string of the molecule is CCN(Cc1cccc(NC(=O)c2cnc(-c3ccccc3F)s2)c1)C(=O)C(F)(F)F. The van der Waals surface area contributed by atoms with Gasteiger partial charge in [0, 0.05) is 24.3 Å². The molecule has 0 saturated heterocycles. The van der Waals surface area contributed by atoms with Crippen molar-refractivity contribution < 1.29 is 27.2 Å². The fourth-order valence-corrected chi connectivity index (χ4v) is 3.64. The summed E-state index contributed by atoms with van der Waals surface area (Å²) in [5.74, 6) is -2.86. The molecule has 0 aliphatic heterocycles. The lowest BCUT2D eigenvalue weighted by atomic mass is 10.2. The molecule has 1 aromatic heterocycles. The van der Waals surface area contributed by atoms with Crippen molar-refractivity contribution in [3.63, 3.8) is 0 Å². The highest BCUT2D eigenvalue weighted by molar-refractivity contribution is 7.17. The van der Waals surface area contributed by atoms with Crippen molar-refractivity contribution in [2.24, 2.45) is 0 Å². The third-order valence-corrected chi connectivity index (χ3v) is 5.33. The normalized spacial score (nSPS) is 11.3. The van der Waals surface area contributed by atoms with Crippen molar-refractivity contribution in [2.45, 2.75) is 19.6 Å². The van der Waals surface area contributed by atoms with Crippen LogP contribution in [0.15, 0.2) is 54.7 Å². The van der Waals surface area contributed by atoms with Crippen LogP contribution >= 0.6 is 11.3 Å². The zero-order valence-corrected chi connectivity index (χ0v) is 17.1. The summed E-state index contributed by atoms with van der Waals surface area (Å²) in [7, 11) is 0. The first kappa shape index (κ1) is 22.4. The maximum Gasteiger partial charge on any atom is 0.471 e. The van der Waals surface area contributed by atoms with Crippen LogP contribution in [0, 0.1) is 5.82 Å². The van der Waals surface area contributed by atoms with Gasteiger partial charge < -0.3 is 10.2 Å². The second kappa shape index (κ2) is 9.25. The van der Waals surface area contributed by atoms with Crippen LogP contribution in [0.1, 0.15) is 22.2 Å². The monoisotopic (exact) mass is 451 g/mol. The first-order chi connectivity index (χ1) is 14.7. The molecule has 0 radical (unpaired) electrons. The summed E-state index contributed by atoms with van der Waals surface area (Å²) in [5, 5.41) is 2.99. The van der Waals surface area contributed by atoms with Gasteiger partial charge in [-0.3, -0.25) is 9.59 Å². The van der Waals surface area contributed by atoms with Crippen molar-refractivity contribution in [1.82, 2.24) is 9.88 Å². The maximum absolute atomic E-state index is 13.9. The lowest BCUT2D eigenvalue weighted by Crippen LogP contribution is -2.40. The van der Waals surface area contributed by atoms with Gasteiger partial charge in [-0.1, -0.05) is 24.3 Å². The van der Waals surface area contributed by atoms with E-state index in [4.69, 9.17) is 0 Å². The smallest absolute Gasteiger partial charge is 0.331 e. The van der Waals surface area contributed by atoms with Gasteiger partial charge in [0.05, 0.1) is 6.20 Å². The largest absolute Gasteiger partial charge is 0.471 e. The van der Waals surface area contributed by atoms with Crippen molar-refractivity contribution in [1.29, 1.82) is 0 Å². The number of carbonyl (C=O) groups is 2. The number of nitrogens with zero attached hydrogens (tertiary/aromatic N) is 2. The van der Waals surface area contributed by atoms with Crippen LogP contribution < -0.4 is 5.32 Å². The molecule has 0 aliphatic carbocycles. The summed E-state index contributed by atoms with van der Waals surface area (Å²) >= 11 is 1.01. The van der Waals surface area contributed by atoms with E-state index >= 15 is 0 Å². The lowest BCUT2D eigenvalue weighted by Gasteiger charge is -2.22. The maximum atomic E-state index is 13.9. The molecule has 10 heteroatoms. The standard InChI is InChI=1S/C21H17F4N3O2S/c1-2-28(20(30)21(23,24)25)12-13-6-5-7-14(10-13)27-18(29)17-11-26-19(31-17)15-8-3-4-9-16(15)22/h3-11H,2,12H2,1H3,(H,27,29). The molecular weight excluding hydrogens is 434 g/mol. The molecule has 3 rings (SSSR count). The Kier molecular flexibility index (Phi) is 6.69. The molecule has 162 valence electrons. The van der Waals surface area contributed by atoms with Gasteiger partial charge in [0.15, 0.2) is 0 Å². The Bertz CT molecular complexity index is 1100. The Balaban J connectivity index is 1.72. The minimum Gasteiger partial charge on any atom is -0.331 e. The van der Waals surface area contributed by atoms with E-state index in [1.807, 2.05) is 0 Å². The van der Waals surface area contributed by atoms with Gasteiger partial charge in [0.1, 0.15) is 15.7 Å². The van der Waals surface area contributed by atoms with Crippen molar-refractivity contribution in [2.75, 3.05) is 11.9 Å². The van der Waals surface area contributed by atoms with Gasteiger partial charge in [-0.15, -0.1) is 11.3 Å². The van der Waals surface area contributed by atoms with Gasteiger partial charge in [-0.2, -0.15) is 13.2 Å². The van der Waals surface area contributed by atoms with E-state index in [1.165, 1.54) is 25.3 Å². The number of benzene rings is 2. The third-order valence-electron chi connectivity index (χ3n) is 4.30. The molecule has 3 aromatic rings. The van der Waals surface area contributed by atoms with E-state index in [9.17, 15) is 27.2 Å². The number of alkyl halides is 3. The Morgan fingerprint density at radius 1 is 1.13 bits per heavy atom. The molecule has 0 spiro atoms. The van der Waals surface area contributed by atoms with E-state index in [-0.39, 0.29) is 23.5 Å². The summed E-state index contributed by atoms with van der Waals surface area (Å²) in [4.78, 5) is 29.0. The van der Waals surface area contributed by atoms with E-state index in [0.717, 1.165) is 11.3 Å². The number of thiazole rings is 1. The fourth-order valence-electron chi connectivity index (χ4n) is 2.81. The Morgan fingerprint density at radius 2 is 1.87 bits per heavy atom. The first-order valence-electron chi connectivity index (χ1n) is 9.16. The highest BCUT2D eigenvalue weighted by Crippen LogP contribution is 2.28. The summed E-state index contributed by atoms with van der Waals surface area (Å²) in [6.07, 6.45) is -3.63. The molecule has 5 nitrogen and oxygen atoms in total. The van der Waals surface area contributed by atoms with Gasteiger partial charge in [0.2, 0.25) is 0 Å². The van der Waals surface area contributed by atoms with Crippen LogP contribution in [0.4, 0.5) is 23.2 Å². The number of carbonyl (C=O) groups excluding carboxylic acids is 2. The average molecular weight is 451 g/mol. The second-order valence-corrected chi connectivity index (χ2v) is 7.51. The molecular formula is C21H17F4N3O2S. The number of anilines is 1. The van der Waals surface area contributed by atoms with Gasteiger partial charge in [-0.05, 0) is 36.8 Å². The number of rotatable bonds is 6. The summed E-state index contributed by atoms with van der Waals surface area (Å²) in [6.45, 7) is 1.08. The third kappa shape index (κ3) is 5.46. The van der Waals surface area contributed by atoms with E-state index < -0.39 is 23.8 Å². The van der Waals surface area contributed by atoms with Crippen LogP contribution in [0.25, 0.3) is 10.6 Å². The molecule has 0 unspecified atom stereocenters. The highest BCUT2D eigenvalue weighted by atomic mass is 32.1. The van der Waals surface area contributed by atoms with Crippen LogP contribution in [0.5, 0.6) is 0 Å². The van der Waals surface area contributed by atoms with E-state index in [1.54, 1.807) is 36.4 Å². The highest BCUT2D eigenvalue weighted by Gasteiger charge is 2.41. The summed E-state index contributed by atoms with van der Waals surface area (Å²) < 4.78 is 52.0. The van der Waals surface area contributed by atoms with Gasteiger partial charge in [0.25, 0.3) is 5.91 Å². The van der Waals surface area contributed by atoms with Crippen LogP contribution in [-0.2, 0) is 11.3 Å². The minimum absolute atomic E-state index is 0.116. The number of amides is 2. The number of nitrogens with one attached hydrogen (secondary N) is 1. The van der Waals surface area contributed by atoms with Gasteiger partial charge >= 0.3 is 12.1 Å². The fraction of sp³-hybridized carbons (Fsp3) is 0.190. The predicted octanol–water partition coefficient (Wildman–Crippen LogP) is 5.11. The van der Waals surface area contributed by atoms with Crippen LogP contribution in [0.3, 0.4) is 0 Å². The van der Waals surface area contributed by atoms with Crippen molar-refractivity contribution >= 4 is 28.8 Å². The zero-order valence-electron chi connectivity index (χ0n) is 16.2. The molecule has 0 saturated carbocycles. The summed E-state index contributed by atoms with van der Waals surface area (Å²) in [6, 6.07) is 12.2. The van der Waals surface area contributed by atoms with Gasteiger partial charge in [-0.25, -0.2) is 9.37 Å². The van der Waals surface area contributed by atoms with Crippen molar-refractivity contribution in [3.8, 4) is 10.6 Å². The Morgan fingerprint density at radius 3 is 2.55 bits per heavy atom. The molecule has 31 heavy (non-hydrogen) atoms. The average Bonchev–Trinajstić information content (AvgIpc) is 3.21. The molecule has 0 fully saturated rings. The predicted molar refractivity (Wildman–Crippen MR) is 109 cm³/mol. The molecule has 0 atom stereocenters. The second-order valence-electron chi connectivity index (χ2n) is 6.48. The zero-order chi connectivity index (χ0) is 22.6. The first-order valence-corrected chi connectivity index (χ1v) is 9.97. The number of hydrogen-bond donors (Lipinski definition) is 1. The topological polar surface area (TPSA) is 62.3 Å².